The molecule has 2 aromatic carbocycles. The Morgan fingerprint density at radius 3 is 2.46 bits per heavy atom. The van der Waals surface area contributed by atoms with Crippen LogP contribution in [0.5, 0.6) is 0 Å². The topological polar surface area (TPSA) is 82.3 Å². The number of aromatic nitrogens is 1. The van der Waals surface area contributed by atoms with Gasteiger partial charge in [0.25, 0.3) is 5.69 Å². The van der Waals surface area contributed by atoms with Crippen LogP contribution >= 0.6 is 15.9 Å². The first-order valence-corrected chi connectivity index (χ1v) is 9.44. The molecule has 0 radical (unpaired) electrons. The van der Waals surface area contributed by atoms with Gasteiger partial charge in [0.05, 0.1) is 22.8 Å². The number of carbonyl (C=O) groups is 1. The molecule has 0 atom stereocenters. The molecule has 0 saturated heterocycles. The van der Waals surface area contributed by atoms with Crippen LogP contribution in [-0.4, -0.2) is 22.5 Å². The van der Waals surface area contributed by atoms with Gasteiger partial charge in [-0.1, -0.05) is 40.2 Å². The number of hydrogen-bond donors (Lipinski definition) is 0. The molecule has 0 N–H and O–H groups in total. The van der Waals surface area contributed by atoms with Crippen LogP contribution in [0.3, 0.4) is 0 Å². The van der Waals surface area contributed by atoms with Crippen molar-refractivity contribution in [3.05, 3.63) is 92.2 Å². The van der Waals surface area contributed by atoms with Crippen molar-refractivity contribution in [1.29, 1.82) is 0 Å². The summed E-state index contributed by atoms with van der Waals surface area (Å²) in [6.45, 7) is 1.97. The molecule has 0 aliphatic heterocycles. The van der Waals surface area contributed by atoms with Gasteiger partial charge >= 0.3 is 5.97 Å². The predicted molar refractivity (Wildman–Crippen MR) is 109 cm³/mol. The molecule has 7 heteroatoms. The van der Waals surface area contributed by atoms with E-state index in [9.17, 15) is 14.9 Å². The second-order valence-corrected chi connectivity index (χ2v) is 6.90. The van der Waals surface area contributed by atoms with Gasteiger partial charge in [0.15, 0.2) is 0 Å². The van der Waals surface area contributed by atoms with Crippen LogP contribution in [-0.2, 0) is 11.2 Å². The number of halogens is 1. The van der Waals surface area contributed by atoms with Crippen LogP contribution in [0.25, 0.3) is 11.1 Å². The van der Waals surface area contributed by atoms with Crippen LogP contribution in [0.15, 0.2) is 65.1 Å². The van der Waals surface area contributed by atoms with Crippen molar-refractivity contribution in [3.8, 4) is 11.1 Å². The molecule has 1 aromatic heterocycles. The summed E-state index contributed by atoms with van der Waals surface area (Å²) in [6, 6.07) is 17.4. The number of esters is 1. The van der Waals surface area contributed by atoms with Gasteiger partial charge in [-0.05, 0) is 42.8 Å². The average Bonchev–Trinajstić information content (AvgIpc) is 2.70. The Kier molecular flexibility index (Phi) is 6.16. The monoisotopic (exact) mass is 440 g/mol. The van der Waals surface area contributed by atoms with E-state index in [2.05, 4.69) is 20.9 Å². The molecule has 0 aliphatic carbocycles. The maximum atomic E-state index is 12.1. The maximum absolute atomic E-state index is 12.1. The zero-order chi connectivity index (χ0) is 20.1. The summed E-state index contributed by atoms with van der Waals surface area (Å²) in [5.74, 6) is -0.520. The molecule has 3 aromatic rings. The first-order chi connectivity index (χ1) is 13.5. The molecule has 0 fully saturated rings. The minimum Gasteiger partial charge on any atom is -0.461 e. The number of rotatable bonds is 6. The number of para-hydroxylation sites is 1. The van der Waals surface area contributed by atoms with E-state index in [0.29, 0.717) is 23.2 Å². The van der Waals surface area contributed by atoms with E-state index in [-0.39, 0.29) is 18.0 Å². The Bertz CT molecular complexity index is 1020. The molecule has 142 valence electrons. The third kappa shape index (κ3) is 4.43. The van der Waals surface area contributed by atoms with Crippen molar-refractivity contribution in [3.63, 3.8) is 0 Å². The average molecular weight is 441 g/mol. The highest BCUT2D eigenvalue weighted by atomic mass is 79.9. The molecule has 0 unspecified atom stereocenters. The van der Waals surface area contributed by atoms with Crippen molar-refractivity contribution in [2.45, 2.75) is 13.3 Å². The number of hydrogen-bond acceptors (Lipinski definition) is 5. The van der Waals surface area contributed by atoms with Crippen LogP contribution in [0.1, 0.15) is 28.7 Å². The lowest BCUT2D eigenvalue weighted by molar-refractivity contribution is -0.384. The van der Waals surface area contributed by atoms with Gasteiger partial charge in [0.2, 0.25) is 0 Å². The summed E-state index contributed by atoms with van der Waals surface area (Å²) >= 11 is 3.40. The SMILES string of the molecule is CCOC(=O)c1ccc(-c2ccccc2[N+](=O)[O-])c(Cc2ccc(Br)cc2)n1. The van der Waals surface area contributed by atoms with Crippen molar-refractivity contribution in [2.24, 2.45) is 0 Å². The molecule has 0 amide bonds. The highest BCUT2D eigenvalue weighted by Gasteiger charge is 2.20. The number of nitro groups is 1. The van der Waals surface area contributed by atoms with Crippen molar-refractivity contribution in [1.82, 2.24) is 4.98 Å². The number of pyridine rings is 1. The van der Waals surface area contributed by atoms with Gasteiger partial charge in [-0.15, -0.1) is 0 Å². The van der Waals surface area contributed by atoms with Crippen molar-refractivity contribution in [2.75, 3.05) is 6.61 Å². The Hall–Kier alpha value is -3.06. The lowest BCUT2D eigenvalue weighted by Gasteiger charge is -2.12. The Morgan fingerprint density at radius 2 is 1.79 bits per heavy atom. The fraction of sp³-hybridized carbons (Fsp3) is 0.143. The van der Waals surface area contributed by atoms with Crippen molar-refractivity contribution >= 4 is 27.6 Å². The lowest BCUT2D eigenvalue weighted by Crippen LogP contribution is -2.10. The largest absolute Gasteiger partial charge is 0.461 e. The summed E-state index contributed by atoms with van der Waals surface area (Å²) < 4.78 is 5.99. The van der Waals surface area contributed by atoms with Crippen LogP contribution in [0.4, 0.5) is 5.69 Å². The molecule has 6 nitrogen and oxygen atoms in total. The molecule has 28 heavy (non-hydrogen) atoms. The number of ether oxygens (including phenoxy) is 1. The Morgan fingerprint density at radius 1 is 1.07 bits per heavy atom. The van der Waals surface area contributed by atoms with E-state index in [1.807, 2.05) is 24.3 Å². The first-order valence-electron chi connectivity index (χ1n) is 8.65. The van der Waals surface area contributed by atoms with E-state index < -0.39 is 10.9 Å². The van der Waals surface area contributed by atoms with Gasteiger partial charge < -0.3 is 4.74 Å². The normalized spacial score (nSPS) is 10.5. The second-order valence-electron chi connectivity index (χ2n) is 5.99. The van der Waals surface area contributed by atoms with Gasteiger partial charge in [0, 0.05) is 22.5 Å². The molecular weight excluding hydrogens is 424 g/mol. The van der Waals surface area contributed by atoms with E-state index in [4.69, 9.17) is 4.74 Å². The van der Waals surface area contributed by atoms with E-state index in [1.165, 1.54) is 12.1 Å². The van der Waals surface area contributed by atoms with Crippen LogP contribution in [0.2, 0.25) is 0 Å². The van der Waals surface area contributed by atoms with E-state index in [0.717, 1.165) is 10.0 Å². The lowest BCUT2D eigenvalue weighted by atomic mass is 9.97. The number of nitro benzene ring substituents is 1. The Labute approximate surface area is 170 Å². The summed E-state index contributed by atoms with van der Waals surface area (Å²) in [4.78, 5) is 27.6. The fourth-order valence-electron chi connectivity index (χ4n) is 2.86. The molecule has 1 heterocycles. The van der Waals surface area contributed by atoms with Gasteiger partial charge in [-0.2, -0.15) is 0 Å². The number of carbonyl (C=O) groups excluding carboxylic acids is 1. The van der Waals surface area contributed by atoms with Gasteiger partial charge in [-0.3, -0.25) is 10.1 Å². The summed E-state index contributed by atoms with van der Waals surface area (Å²) in [5.41, 5.74) is 2.78. The third-order valence-electron chi connectivity index (χ3n) is 4.13. The van der Waals surface area contributed by atoms with Crippen LogP contribution < -0.4 is 0 Å². The van der Waals surface area contributed by atoms with Crippen LogP contribution in [0, 0.1) is 10.1 Å². The maximum Gasteiger partial charge on any atom is 0.356 e. The highest BCUT2D eigenvalue weighted by Crippen LogP contribution is 2.32. The quantitative estimate of drug-likeness (QED) is 0.299. The van der Waals surface area contributed by atoms with Gasteiger partial charge in [0.1, 0.15) is 5.69 Å². The minimum atomic E-state index is -0.520. The molecule has 0 spiro atoms. The summed E-state index contributed by atoms with van der Waals surface area (Å²) in [6.07, 6.45) is 0.419. The molecular formula is C21H17BrN2O4. The first kappa shape index (κ1) is 19.7. The molecule has 0 bridgehead atoms. The zero-order valence-corrected chi connectivity index (χ0v) is 16.7. The number of nitrogens with zero attached hydrogens (tertiary/aromatic N) is 2. The number of benzene rings is 2. The molecule has 0 saturated carbocycles. The zero-order valence-electron chi connectivity index (χ0n) is 15.1. The highest BCUT2D eigenvalue weighted by molar-refractivity contribution is 9.10. The minimum absolute atomic E-state index is 0.00904. The summed E-state index contributed by atoms with van der Waals surface area (Å²) in [5, 5.41) is 11.5. The van der Waals surface area contributed by atoms with Gasteiger partial charge in [-0.25, -0.2) is 9.78 Å². The third-order valence-corrected chi connectivity index (χ3v) is 4.66. The Balaban J connectivity index is 2.12. The van der Waals surface area contributed by atoms with E-state index >= 15 is 0 Å². The smallest absolute Gasteiger partial charge is 0.356 e. The molecule has 0 aliphatic rings. The summed E-state index contributed by atoms with van der Waals surface area (Å²) in [7, 11) is 0. The predicted octanol–water partition coefficient (Wildman–Crippen LogP) is 5.19. The standard InChI is InChI=1S/C21H17BrN2O4/c1-2-28-21(25)18-12-11-16(17-5-3-4-6-20(17)24(26)27)19(23-18)13-14-7-9-15(22)10-8-14/h3-12H,2,13H2,1H3. The fourth-order valence-corrected chi connectivity index (χ4v) is 3.12. The van der Waals surface area contributed by atoms with Crippen molar-refractivity contribution < 1.29 is 14.5 Å². The van der Waals surface area contributed by atoms with E-state index in [1.54, 1.807) is 31.2 Å². The second kappa shape index (κ2) is 8.75. The molecule has 3 rings (SSSR count).